The summed E-state index contributed by atoms with van der Waals surface area (Å²) in [5.74, 6) is -4.28. The van der Waals surface area contributed by atoms with Gasteiger partial charge in [0, 0.05) is 42.9 Å². The van der Waals surface area contributed by atoms with Gasteiger partial charge >= 0.3 is 6.18 Å². The molecular weight excluding hydrogens is 590 g/mol. The van der Waals surface area contributed by atoms with Crippen LogP contribution < -0.4 is 5.73 Å². The summed E-state index contributed by atoms with van der Waals surface area (Å²) in [6.45, 7) is 2.13. The van der Waals surface area contributed by atoms with Crippen molar-refractivity contribution in [3.63, 3.8) is 0 Å². The lowest BCUT2D eigenvalue weighted by Crippen LogP contribution is -2.41. The van der Waals surface area contributed by atoms with Gasteiger partial charge in [0.05, 0.1) is 11.4 Å². The van der Waals surface area contributed by atoms with Crippen LogP contribution in [0.2, 0.25) is 0 Å². The number of fused-ring (bicyclic) bond motifs is 1. The zero-order valence-electron chi connectivity index (χ0n) is 22.1. The van der Waals surface area contributed by atoms with Crippen LogP contribution in [0.5, 0.6) is 0 Å². The van der Waals surface area contributed by atoms with E-state index in [1.807, 2.05) is 6.92 Å². The summed E-state index contributed by atoms with van der Waals surface area (Å²) in [5.41, 5.74) is 6.35. The first-order chi connectivity index (χ1) is 19.5. The van der Waals surface area contributed by atoms with Crippen molar-refractivity contribution >= 4 is 16.0 Å². The maximum Gasteiger partial charge on any atom is 0.434 e. The summed E-state index contributed by atoms with van der Waals surface area (Å²) in [6, 6.07) is 6.51. The number of allylic oxidation sites excluding steroid dienone is 1. The Balaban J connectivity index is 0.000000310. The molecule has 0 saturated carbocycles. The molecule has 1 aliphatic carbocycles. The Labute approximate surface area is 237 Å². The van der Waals surface area contributed by atoms with Gasteiger partial charge in [-0.15, -0.1) is 0 Å². The van der Waals surface area contributed by atoms with Crippen LogP contribution in [0.15, 0.2) is 59.1 Å². The molecule has 0 bridgehead atoms. The maximum absolute atomic E-state index is 14.1. The van der Waals surface area contributed by atoms with Crippen LogP contribution >= 0.6 is 0 Å². The van der Waals surface area contributed by atoms with E-state index in [0.29, 0.717) is 11.6 Å². The van der Waals surface area contributed by atoms with Gasteiger partial charge in [-0.2, -0.15) is 21.6 Å². The lowest BCUT2D eigenvalue weighted by atomic mass is 9.80. The highest BCUT2D eigenvalue weighted by Crippen LogP contribution is 2.35. The standard InChI is InChI=1S/C20H18F6N4O.C7H8O3S/c21-13-7-15(23)14(22)6-12(13)11-2-1-10(5-16(11)27)19(31)30-4-3-29-8-17(20(24,25)26)28-18(29)9-30;1-6-2-4-7(5-3-6)11(8,9)10/h1,6-8,11,16H,2-5,9,27H2;2-5H,1H3,(H,8,9,10). The highest BCUT2D eigenvalue weighted by atomic mass is 32.2. The number of hydrogen-bond donors (Lipinski definition) is 2. The van der Waals surface area contributed by atoms with Gasteiger partial charge < -0.3 is 15.2 Å². The number of alkyl halides is 3. The fourth-order valence-electron chi connectivity index (χ4n) is 4.75. The molecule has 5 rings (SSSR count). The Morgan fingerprint density at radius 2 is 1.69 bits per heavy atom. The number of amides is 1. The molecule has 1 aromatic heterocycles. The molecule has 2 unspecified atom stereocenters. The first kappa shape index (κ1) is 31.3. The van der Waals surface area contributed by atoms with Crippen molar-refractivity contribution in [2.75, 3.05) is 6.54 Å². The normalized spacial score (nSPS) is 19.0. The average molecular weight is 617 g/mol. The van der Waals surface area contributed by atoms with Crippen molar-refractivity contribution in [1.82, 2.24) is 14.5 Å². The van der Waals surface area contributed by atoms with Crippen LogP contribution in [0, 0.1) is 24.4 Å². The fraction of sp³-hybridized carbons (Fsp3) is 0.333. The topological polar surface area (TPSA) is 119 Å². The number of nitrogens with two attached hydrogens (primary N) is 1. The molecule has 3 aromatic rings. The Morgan fingerprint density at radius 1 is 1.05 bits per heavy atom. The molecule has 0 spiro atoms. The lowest BCUT2D eigenvalue weighted by Gasteiger charge is -2.33. The van der Waals surface area contributed by atoms with E-state index < -0.39 is 51.4 Å². The van der Waals surface area contributed by atoms with Gasteiger partial charge in [-0.1, -0.05) is 23.8 Å². The van der Waals surface area contributed by atoms with E-state index in [2.05, 4.69) is 4.98 Å². The molecule has 42 heavy (non-hydrogen) atoms. The highest BCUT2D eigenvalue weighted by molar-refractivity contribution is 7.85. The lowest BCUT2D eigenvalue weighted by molar-refractivity contribution is -0.141. The van der Waals surface area contributed by atoms with E-state index >= 15 is 0 Å². The number of halogens is 6. The van der Waals surface area contributed by atoms with Gasteiger partial charge in [-0.05, 0) is 43.5 Å². The van der Waals surface area contributed by atoms with Crippen LogP contribution in [-0.2, 0) is 34.2 Å². The summed E-state index contributed by atoms with van der Waals surface area (Å²) in [4.78, 5) is 17.8. The molecular formula is C27H26F6N4O4S. The predicted octanol–water partition coefficient (Wildman–Crippen LogP) is 4.73. The second-order valence-electron chi connectivity index (χ2n) is 9.98. The third-order valence-corrected chi connectivity index (χ3v) is 7.87. The molecule has 8 nitrogen and oxygen atoms in total. The van der Waals surface area contributed by atoms with E-state index in [1.165, 1.54) is 21.6 Å². The van der Waals surface area contributed by atoms with E-state index in [0.717, 1.165) is 17.8 Å². The largest absolute Gasteiger partial charge is 0.434 e. The van der Waals surface area contributed by atoms with E-state index in [4.69, 9.17) is 10.3 Å². The van der Waals surface area contributed by atoms with E-state index in [-0.39, 0.29) is 54.7 Å². The Bertz CT molecular complexity index is 1620. The quantitative estimate of drug-likeness (QED) is 0.250. The van der Waals surface area contributed by atoms with Gasteiger partial charge in [-0.3, -0.25) is 9.35 Å². The maximum atomic E-state index is 14.1. The number of nitrogens with zero attached hydrogens (tertiary/aromatic N) is 3. The average Bonchev–Trinajstić information content (AvgIpc) is 3.35. The summed E-state index contributed by atoms with van der Waals surface area (Å²) >= 11 is 0. The van der Waals surface area contributed by atoms with Crippen molar-refractivity contribution in [1.29, 1.82) is 0 Å². The second-order valence-corrected chi connectivity index (χ2v) is 11.4. The number of rotatable bonds is 3. The molecule has 2 aliphatic rings. The van der Waals surface area contributed by atoms with Crippen molar-refractivity contribution in [2.24, 2.45) is 5.73 Å². The van der Waals surface area contributed by atoms with Crippen LogP contribution in [0.25, 0.3) is 0 Å². The third kappa shape index (κ3) is 7.02. The number of imidazole rings is 1. The zero-order valence-corrected chi connectivity index (χ0v) is 22.9. The van der Waals surface area contributed by atoms with Crippen molar-refractivity contribution in [3.05, 3.63) is 94.3 Å². The monoisotopic (exact) mass is 616 g/mol. The number of benzene rings is 2. The summed E-state index contributed by atoms with van der Waals surface area (Å²) in [6.07, 6.45) is -1.86. The molecule has 3 N–H and O–H groups in total. The molecule has 15 heteroatoms. The first-order valence-electron chi connectivity index (χ1n) is 12.6. The minimum absolute atomic E-state index is 0.0613. The Kier molecular flexibility index (Phi) is 8.85. The van der Waals surface area contributed by atoms with Gasteiger partial charge in [0.25, 0.3) is 10.1 Å². The first-order valence-corrected chi connectivity index (χ1v) is 14.0. The second kappa shape index (κ2) is 11.9. The van der Waals surface area contributed by atoms with Crippen molar-refractivity contribution in [2.45, 2.75) is 55.9 Å². The minimum Gasteiger partial charge on any atom is -0.331 e. The van der Waals surface area contributed by atoms with E-state index in [1.54, 1.807) is 18.2 Å². The molecule has 0 radical (unpaired) electrons. The fourth-order valence-corrected chi connectivity index (χ4v) is 5.23. The number of aromatic nitrogens is 2. The zero-order chi connectivity index (χ0) is 31.0. The number of carbonyl (C=O) groups is 1. The van der Waals surface area contributed by atoms with Gasteiger partial charge in [0.2, 0.25) is 5.91 Å². The number of carbonyl (C=O) groups excluding carboxylic acids is 1. The number of aryl methyl sites for hydroxylation is 1. The Hall–Kier alpha value is -3.69. The molecule has 1 amide bonds. The van der Waals surface area contributed by atoms with Crippen LogP contribution in [-0.4, -0.2) is 45.9 Å². The minimum atomic E-state index is -4.57. The summed E-state index contributed by atoms with van der Waals surface area (Å²) < 4.78 is 110. The van der Waals surface area contributed by atoms with Gasteiger partial charge in [-0.25, -0.2) is 18.2 Å². The van der Waals surface area contributed by atoms with Gasteiger partial charge in [0.1, 0.15) is 11.6 Å². The molecule has 2 aromatic carbocycles. The molecule has 1 aliphatic heterocycles. The van der Waals surface area contributed by atoms with Crippen molar-refractivity contribution in [3.8, 4) is 0 Å². The molecule has 2 heterocycles. The molecule has 226 valence electrons. The Morgan fingerprint density at radius 3 is 2.29 bits per heavy atom. The molecule has 2 atom stereocenters. The highest BCUT2D eigenvalue weighted by Gasteiger charge is 2.37. The third-order valence-electron chi connectivity index (χ3n) is 7.00. The smallest absolute Gasteiger partial charge is 0.331 e. The van der Waals surface area contributed by atoms with Gasteiger partial charge in [0.15, 0.2) is 17.3 Å². The van der Waals surface area contributed by atoms with Crippen LogP contribution in [0.1, 0.15) is 41.4 Å². The molecule has 0 fully saturated rings. The van der Waals surface area contributed by atoms with Crippen LogP contribution in [0.4, 0.5) is 26.3 Å². The van der Waals surface area contributed by atoms with E-state index in [9.17, 15) is 39.6 Å². The molecule has 0 saturated heterocycles. The predicted molar refractivity (Wildman–Crippen MR) is 138 cm³/mol. The van der Waals surface area contributed by atoms with Crippen LogP contribution in [0.3, 0.4) is 0 Å². The SMILES string of the molecule is Cc1ccc(S(=O)(=O)O)cc1.NC1CC(C(=O)N2CCn3cc(C(F)(F)F)nc3C2)=CCC1c1cc(F)c(F)cc1F. The summed E-state index contributed by atoms with van der Waals surface area (Å²) in [7, 11) is -4.02. The summed E-state index contributed by atoms with van der Waals surface area (Å²) in [5, 5.41) is 0. The number of hydrogen-bond acceptors (Lipinski definition) is 5. The van der Waals surface area contributed by atoms with Crippen molar-refractivity contribution < 1.29 is 44.1 Å².